The molecular weight excluding hydrogens is 371 g/mol. The first-order valence-corrected chi connectivity index (χ1v) is 9.50. The maximum Gasteiger partial charge on any atom is 0.321 e. The van der Waals surface area contributed by atoms with E-state index < -0.39 is 0 Å². The lowest BCUT2D eigenvalue weighted by molar-refractivity contribution is 0.0640. The Balaban J connectivity index is 1.40. The van der Waals surface area contributed by atoms with Crippen LogP contribution >= 0.6 is 23.2 Å². The normalized spacial score (nSPS) is 15.1. The molecule has 0 bridgehead atoms. The van der Waals surface area contributed by atoms with Gasteiger partial charge in [0.1, 0.15) is 0 Å². The van der Waals surface area contributed by atoms with Gasteiger partial charge in [0.15, 0.2) is 0 Å². The summed E-state index contributed by atoms with van der Waals surface area (Å²) < 4.78 is 5.83. The van der Waals surface area contributed by atoms with Gasteiger partial charge in [-0.05, 0) is 42.5 Å². The van der Waals surface area contributed by atoms with Crippen molar-refractivity contribution in [1.29, 1.82) is 0 Å². The molecule has 0 spiro atoms. The third-order valence-corrected chi connectivity index (χ3v) is 5.28. The molecular formula is C20H22Cl2N2O2. The molecule has 0 atom stereocenters. The lowest BCUT2D eigenvalue weighted by Crippen LogP contribution is -2.41. The minimum atomic E-state index is -0.105. The SMILES string of the molecule is O=C(Nc1ccc(Cl)c(Cl)c1)N1CCC(COCc2ccccc2)CC1. The molecule has 2 aromatic rings. The van der Waals surface area contributed by atoms with Crippen molar-refractivity contribution in [3.8, 4) is 0 Å². The zero-order valence-corrected chi connectivity index (χ0v) is 16.0. The molecule has 0 radical (unpaired) electrons. The van der Waals surface area contributed by atoms with Gasteiger partial charge in [0.2, 0.25) is 0 Å². The number of anilines is 1. The number of hydrogen-bond donors (Lipinski definition) is 1. The number of benzene rings is 2. The van der Waals surface area contributed by atoms with Gasteiger partial charge in [0.25, 0.3) is 0 Å². The van der Waals surface area contributed by atoms with Crippen LogP contribution < -0.4 is 5.32 Å². The summed E-state index contributed by atoms with van der Waals surface area (Å²) in [5.74, 6) is 0.493. The molecule has 2 aromatic carbocycles. The lowest BCUT2D eigenvalue weighted by Gasteiger charge is -2.32. The molecule has 1 N–H and O–H groups in total. The van der Waals surface area contributed by atoms with Gasteiger partial charge in [-0.3, -0.25) is 0 Å². The van der Waals surface area contributed by atoms with Crippen molar-refractivity contribution < 1.29 is 9.53 Å². The smallest absolute Gasteiger partial charge is 0.321 e. The second-order valence-corrected chi connectivity index (χ2v) is 7.30. The van der Waals surface area contributed by atoms with Crippen molar-refractivity contribution in [2.24, 2.45) is 5.92 Å². The first-order valence-electron chi connectivity index (χ1n) is 8.74. The number of carbonyl (C=O) groups excluding carboxylic acids is 1. The van der Waals surface area contributed by atoms with Crippen LogP contribution in [0.15, 0.2) is 48.5 Å². The average Bonchev–Trinajstić information content (AvgIpc) is 2.66. The number of carbonyl (C=O) groups is 1. The Morgan fingerprint density at radius 1 is 1.08 bits per heavy atom. The van der Waals surface area contributed by atoms with E-state index >= 15 is 0 Å². The highest BCUT2D eigenvalue weighted by Crippen LogP contribution is 2.25. The molecule has 1 heterocycles. The van der Waals surface area contributed by atoms with E-state index in [0.29, 0.717) is 28.3 Å². The standard InChI is InChI=1S/C20H22Cl2N2O2/c21-18-7-6-17(12-19(18)22)23-20(25)24-10-8-16(9-11-24)14-26-13-15-4-2-1-3-5-15/h1-7,12,16H,8-11,13-14H2,(H,23,25). The Morgan fingerprint density at radius 3 is 2.50 bits per heavy atom. The maximum absolute atomic E-state index is 12.4. The molecule has 1 fully saturated rings. The molecule has 0 unspecified atom stereocenters. The predicted molar refractivity (Wildman–Crippen MR) is 106 cm³/mol. The van der Waals surface area contributed by atoms with Crippen LogP contribution in [-0.4, -0.2) is 30.6 Å². The molecule has 0 saturated carbocycles. The average molecular weight is 393 g/mol. The van der Waals surface area contributed by atoms with E-state index in [0.717, 1.165) is 32.5 Å². The zero-order chi connectivity index (χ0) is 18.4. The summed E-state index contributed by atoms with van der Waals surface area (Å²) in [6.45, 7) is 2.83. The van der Waals surface area contributed by atoms with Gasteiger partial charge in [-0.15, -0.1) is 0 Å². The van der Waals surface area contributed by atoms with E-state index in [-0.39, 0.29) is 6.03 Å². The molecule has 1 aliphatic heterocycles. The summed E-state index contributed by atoms with van der Waals surface area (Å²) in [5, 5.41) is 3.77. The molecule has 1 aliphatic rings. The van der Waals surface area contributed by atoms with Gasteiger partial charge in [0.05, 0.1) is 16.7 Å². The molecule has 4 nitrogen and oxygen atoms in total. The fourth-order valence-electron chi connectivity index (χ4n) is 3.00. The Kier molecular flexibility index (Phi) is 6.78. The van der Waals surface area contributed by atoms with Crippen molar-refractivity contribution in [1.82, 2.24) is 4.90 Å². The van der Waals surface area contributed by atoms with Gasteiger partial charge in [-0.1, -0.05) is 53.5 Å². The van der Waals surface area contributed by atoms with Crippen LogP contribution in [0.1, 0.15) is 18.4 Å². The topological polar surface area (TPSA) is 41.6 Å². The van der Waals surface area contributed by atoms with Crippen molar-refractivity contribution in [3.63, 3.8) is 0 Å². The minimum absolute atomic E-state index is 0.105. The fraction of sp³-hybridized carbons (Fsp3) is 0.350. The van der Waals surface area contributed by atoms with Crippen molar-refractivity contribution in [3.05, 3.63) is 64.1 Å². The summed E-state index contributed by atoms with van der Waals surface area (Å²) >= 11 is 11.9. The van der Waals surface area contributed by atoms with Crippen LogP contribution in [0.4, 0.5) is 10.5 Å². The van der Waals surface area contributed by atoms with E-state index in [4.69, 9.17) is 27.9 Å². The largest absolute Gasteiger partial charge is 0.376 e. The molecule has 3 rings (SSSR count). The summed E-state index contributed by atoms with van der Waals surface area (Å²) in [7, 11) is 0. The van der Waals surface area contributed by atoms with Crippen molar-refractivity contribution in [2.45, 2.75) is 19.4 Å². The highest BCUT2D eigenvalue weighted by molar-refractivity contribution is 6.42. The minimum Gasteiger partial charge on any atom is -0.376 e. The molecule has 138 valence electrons. The van der Waals surface area contributed by atoms with E-state index in [1.165, 1.54) is 5.56 Å². The Bertz CT molecular complexity index is 732. The van der Waals surface area contributed by atoms with Gasteiger partial charge < -0.3 is 15.0 Å². The van der Waals surface area contributed by atoms with Gasteiger partial charge >= 0.3 is 6.03 Å². The van der Waals surface area contributed by atoms with Gasteiger partial charge in [0, 0.05) is 25.4 Å². The van der Waals surface area contributed by atoms with Crippen LogP contribution in [0.5, 0.6) is 0 Å². The number of urea groups is 1. The van der Waals surface area contributed by atoms with Crippen molar-refractivity contribution in [2.75, 3.05) is 25.0 Å². The Labute approximate surface area is 164 Å². The van der Waals surface area contributed by atoms with Crippen LogP contribution in [0.3, 0.4) is 0 Å². The third kappa shape index (κ3) is 5.37. The zero-order valence-electron chi connectivity index (χ0n) is 14.5. The van der Waals surface area contributed by atoms with E-state index in [1.54, 1.807) is 18.2 Å². The summed E-state index contributed by atoms with van der Waals surface area (Å²) in [4.78, 5) is 14.2. The number of piperidine rings is 1. The lowest BCUT2D eigenvalue weighted by atomic mass is 9.98. The number of nitrogens with one attached hydrogen (secondary N) is 1. The second kappa shape index (κ2) is 9.26. The van der Waals surface area contributed by atoms with Crippen LogP contribution in [0.25, 0.3) is 0 Å². The molecule has 0 aliphatic carbocycles. The number of amides is 2. The Morgan fingerprint density at radius 2 is 1.81 bits per heavy atom. The highest BCUT2D eigenvalue weighted by atomic mass is 35.5. The predicted octanol–water partition coefficient (Wildman–Crippen LogP) is 5.45. The summed E-state index contributed by atoms with van der Waals surface area (Å²) in [5.41, 5.74) is 1.84. The quantitative estimate of drug-likeness (QED) is 0.734. The van der Waals surface area contributed by atoms with Gasteiger partial charge in [-0.2, -0.15) is 0 Å². The van der Waals surface area contributed by atoms with Crippen LogP contribution in [0.2, 0.25) is 10.0 Å². The highest BCUT2D eigenvalue weighted by Gasteiger charge is 2.23. The number of likely N-dealkylation sites (tertiary alicyclic amines) is 1. The first-order chi connectivity index (χ1) is 12.6. The van der Waals surface area contributed by atoms with E-state index in [9.17, 15) is 4.79 Å². The number of hydrogen-bond acceptors (Lipinski definition) is 2. The third-order valence-electron chi connectivity index (χ3n) is 4.54. The first kappa shape index (κ1) is 19.0. The molecule has 2 amide bonds. The number of ether oxygens (including phenoxy) is 1. The second-order valence-electron chi connectivity index (χ2n) is 6.49. The van der Waals surface area contributed by atoms with E-state index in [1.807, 2.05) is 23.1 Å². The number of halogens is 2. The fourth-order valence-corrected chi connectivity index (χ4v) is 3.29. The summed E-state index contributed by atoms with van der Waals surface area (Å²) in [6.07, 6.45) is 1.90. The van der Waals surface area contributed by atoms with Crippen molar-refractivity contribution >= 4 is 34.9 Å². The number of rotatable bonds is 5. The maximum atomic E-state index is 12.4. The monoisotopic (exact) mass is 392 g/mol. The van der Waals surface area contributed by atoms with Crippen LogP contribution in [0, 0.1) is 5.92 Å². The summed E-state index contributed by atoms with van der Waals surface area (Å²) in [6, 6.07) is 15.1. The molecule has 26 heavy (non-hydrogen) atoms. The molecule has 6 heteroatoms. The molecule has 1 saturated heterocycles. The van der Waals surface area contributed by atoms with Gasteiger partial charge in [-0.25, -0.2) is 4.79 Å². The van der Waals surface area contributed by atoms with Crippen LogP contribution in [-0.2, 0) is 11.3 Å². The Hall–Kier alpha value is -1.75. The number of nitrogens with zero attached hydrogens (tertiary/aromatic N) is 1. The molecule has 0 aromatic heterocycles. The van der Waals surface area contributed by atoms with E-state index in [2.05, 4.69) is 17.4 Å².